The van der Waals surface area contributed by atoms with Crippen LogP contribution in [0.5, 0.6) is 0 Å². The van der Waals surface area contributed by atoms with Gasteiger partial charge >= 0.3 is 84.3 Å². The summed E-state index contributed by atoms with van der Waals surface area (Å²) in [5.74, 6) is -66.5. The summed E-state index contributed by atoms with van der Waals surface area (Å²) in [6.45, 7) is 0. The quantitative estimate of drug-likeness (QED) is 0.0641. The molecule has 0 aromatic carbocycles. The van der Waals surface area contributed by atoms with E-state index in [-0.39, 0.29) is 0 Å². The zero-order chi connectivity index (χ0) is 40.2. The second kappa shape index (κ2) is 10.9. The van der Waals surface area contributed by atoms with E-state index in [9.17, 15) is 127 Å². The van der Waals surface area contributed by atoms with E-state index in [0.29, 0.717) is 4.84 Å². The van der Waals surface area contributed by atoms with Crippen LogP contribution in [0.25, 0.3) is 0 Å². The van der Waals surface area contributed by atoms with Crippen LogP contribution in [0.15, 0.2) is 0 Å². The smallest absolute Gasteiger partial charge is 0.351 e. The van der Waals surface area contributed by atoms with Crippen molar-refractivity contribution >= 4 is 0 Å². The number of alkyl halides is 29. The Balaban J connectivity index is 8.60. The number of rotatable bonds is 12. The fourth-order valence-corrected chi connectivity index (χ4v) is 2.66. The van der Waals surface area contributed by atoms with Crippen LogP contribution in [0.1, 0.15) is 0 Å². The molecule has 1 unspecified atom stereocenters. The van der Waals surface area contributed by atoms with Gasteiger partial charge in [-0.25, -0.2) is 0 Å². The van der Waals surface area contributed by atoms with Crippen molar-refractivity contribution in [3.05, 3.63) is 0 Å². The number of nitrogens with zero attached hydrogens (tertiary/aromatic N) is 1. The lowest BCUT2D eigenvalue weighted by Gasteiger charge is -2.50. The minimum Gasteiger partial charge on any atom is -0.351 e. The Morgan fingerprint density at radius 3 is 0.875 bits per heavy atom. The standard InChI is InChI=1S/C14H3F29NO4/c15-1(16,3(19,20)5(23,24)8(27,28)29)2(17,18)4(21,22)7(45,46)11(35,36)44(14(41,42)43,48-13(39,40)9(30,31)32)10(33,34)6(25,26)12(37,38)47/h45-47H/q+1. The highest BCUT2D eigenvalue weighted by Crippen LogP contribution is 2.67. The van der Waals surface area contributed by atoms with Crippen molar-refractivity contribution in [1.29, 1.82) is 0 Å². The molecule has 0 aliphatic carbocycles. The molecule has 0 bridgehead atoms. The van der Waals surface area contributed by atoms with E-state index in [2.05, 4.69) is 0 Å². The zero-order valence-electron chi connectivity index (χ0n) is 20.2. The van der Waals surface area contributed by atoms with E-state index in [1.807, 2.05) is 0 Å². The molecule has 48 heavy (non-hydrogen) atoms. The van der Waals surface area contributed by atoms with Gasteiger partial charge in [0.15, 0.2) is 0 Å². The fraction of sp³-hybridized carbons (Fsp3) is 1.00. The number of aliphatic hydroxyl groups is 3. The van der Waals surface area contributed by atoms with Gasteiger partial charge in [-0.1, -0.05) is 4.84 Å². The number of halogens is 29. The number of quaternary nitrogens is 1. The molecular weight excluding hydrogens is 797 g/mol. The highest BCUT2D eigenvalue weighted by Gasteiger charge is 3.04. The van der Waals surface area contributed by atoms with Crippen molar-refractivity contribution in [1.82, 2.24) is 0 Å². The molecule has 0 rings (SSSR count). The van der Waals surface area contributed by atoms with Crippen LogP contribution in [0, 0.1) is 0 Å². The van der Waals surface area contributed by atoms with Crippen LogP contribution >= 0.6 is 0 Å². The van der Waals surface area contributed by atoms with E-state index < -0.39 is 88.9 Å². The molecular formula is C14H3F29NO4+. The van der Waals surface area contributed by atoms with Crippen molar-refractivity contribution in [3.8, 4) is 0 Å². The molecule has 0 radical (unpaired) electrons. The average Bonchev–Trinajstić information content (AvgIpc) is 2.78. The molecule has 0 spiro atoms. The van der Waals surface area contributed by atoms with Crippen LogP contribution in [0.3, 0.4) is 0 Å². The number of hydroxylamine groups is 3. The van der Waals surface area contributed by atoms with Gasteiger partial charge in [-0.2, -0.15) is 96.6 Å². The highest BCUT2D eigenvalue weighted by atomic mass is 19.4. The maximum absolute atomic E-state index is 14.7. The maximum Gasteiger partial charge on any atom is 0.603 e. The SMILES string of the molecule is OC(F)(F)C(F)(F)C(F)(F)[N+](OC(F)(F)C(F)(F)F)(C(F)(F)F)C(F)(F)C(O)(O)C(F)(F)C(F)(F)C(F)(F)C(F)(F)C(F)(F)C(F)(F)F. The summed E-state index contributed by atoms with van der Waals surface area (Å²) < 4.78 is 377. The first-order chi connectivity index (χ1) is 20.0. The number of hydrogen-bond donors (Lipinski definition) is 3. The summed E-state index contributed by atoms with van der Waals surface area (Å²) >= 11 is 0. The van der Waals surface area contributed by atoms with Crippen LogP contribution in [0.4, 0.5) is 127 Å². The van der Waals surface area contributed by atoms with Gasteiger partial charge in [0.2, 0.25) is 0 Å². The second-order valence-corrected chi connectivity index (χ2v) is 8.42. The zero-order valence-corrected chi connectivity index (χ0v) is 20.2. The number of hydrogen-bond acceptors (Lipinski definition) is 4. The molecule has 0 saturated carbocycles. The van der Waals surface area contributed by atoms with Gasteiger partial charge in [-0.15, -0.1) is 30.7 Å². The summed E-state index contributed by atoms with van der Waals surface area (Å²) in [5.41, 5.74) is 0. The normalized spacial score (nSPS) is 18.2. The topological polar surface area (TPSA) is 69.9 Å². The Labute approximate surface area is 238 Å². The van der Waals surface area contributed by atoms with Crippen molar-refractivity contribution in [2.45, 2.75) is 84.3 Å². The van der Waals surface area contributed by atoms with Gasteiger partial charge in [-0.3, -0.25) is 0 Å². The summed E-state index contributed by atoms with van der Waals surface area (Å²) in [5, 5.41) is 25.0. The molecule has 0 aliphatic rings. The van der Waals surface area contributed by atoms with Gasteiger partial charge in [-0.05, 0) is 0 Å². The Morgan fingerprint density at radius 2 is 0.625 bits per heavy atom. The molecule has 3 N–H and O–H groups in total. The predicted molar refractivity (Wildman–Crippen MR) is 78.4 cm³/mol. The largest absolute Gasteiger partial charge is 0.603 e. The lowest BCUT2D eigenvalue weighted by atomic mass is 9.88. The summed E-state index contributed by atoms with van der Waals surface area (Å²) in [7, 11) is 0. The second-order valence-electron chi connectivity index (χ2n) is 8.42. The minimum absolute atomic E-state index is 0.639. The van der Waals surface area contributed by atoms with E-state index in [0.717, 1.165) is 0 Å². The average molecular weight is 800 g/mol. The fourth-order valence-electron chi connectivity index (χ4n) is 2.66. The minimum atomic E-state index is -10.2. The first-order valence-corrected chi connectivity index (χ1v) is 9.71. The molecule has 0 saturated heterocycles. The van der Waals surface area contributed by atoms with Gasteiger partial charge in [0.05, 0.1) is 4.65 Å². The highest BCUT2D eigenvalue weighted by molar-refractivity contribution is 5.14. The Kier molecular flexibility index (Phi) is 10.4. The third-order valence-corrected chi connectivity index (χ3v) is 5.28. The molecule has 0 fully saturated rings. The third kappa shape index (κ3) is 5.49. The first-order valence-electron chi connectivity index (χ1n) is 9.71. The lowest BCUT2D eigenvalue weighted by Crippen LogP contribution is -2.89. The molecule has 0 aromatic rings. The first kappa shape index (κ1) is 45.8. The Hall–Kier alpha value is -2.23. The van der Waals surface area contributed by atoms with Crippen molar-refractivity contribution in [3.63, 3.8) is 0 Å². The van der Waals surface area contributed by atoms with Crippen LogP contribution < -0.4 is 0 Å². The summed E-state index contributed by atoms with van der Waals surface area (Å²) in [6, 6.07) is -20.2. The van der Waals surface area contributed by atoms with Gasteiger partial charge in [0, 0.05) is 0 Å². The summed E-state index contributed by atoms with van der Waals surface area (Å²) in [4.78, 5) is 0.639. The van der Waals surface area contributed by atoms with E-state index in [4.69, 9.17) is 15.3 Å². The van der Waals surface area contributed by atoms with Crippen molar-refractivity contribution in [2.75, 3.05) is 0 Å². The predicted octanol–water partition coefficient (Wildman–Crippen LogP) is 7.24. The maximum atomic E-state index is 14.7. The third-order valence-electron chi connectivity index (χ3n) is 5.28. The molecule has 0 amide bonds. The van der Waals surface area contributed by atoms with Crippen LogP contribution in [-0.4, -0.2) is 104 Å². The summed E-state index contributed by atoms with van der Waals surface area (Å²) in [6.07, 6.45) is -43.8. The van der Waals surface area contributed by atoms with Gasteiger partial charge in [0.25, 0.3) is 0 Å². The molecule has 290 valence electrons. The molecule has 0 aliphatic heterocycles. The molecule has 1 atom stereocenters. The van der Waals surface area contributed by atoms with E-state index >= 15 is 0 Å². The molecule has 5 nitrogen and oxygen atoms in total. The molecule has 0 aromatic heterocycles. The van der Waals surface area contributed by atoms with Crippen LogP contribution in [0.2, 0.25) is 0 Å². The van der Waals surface area contributed by atoms with Gasteiger partial charge in [0.1, 0.15) is 0 Å². The molecule has 0 heterocycles. The van der Waals surface area contributed by atoms with Crippen LogP contribution in [-0.2, 0) is 4.84 Å². The monoisotopic (exact) mass is 800 g/mol. The Morgan fingerprint density at radius 1 is 0.333 bits per heavy atom. The van der Waals surface area contributed by atoms with E-state index in [1.165, 1.54) is 0 Å². The lowest BCUT2D eigenvalue weighted by molar-refractivity contribution is -1.30. The Bertz CT molecular complexity index is 1170. The van der Waals surface area contributed by atoms with Crippen molar-refractivity contribution < 1.29 is 152 Å². The van der Waals surface area contributed by atoms with Gasteiger partial charge < -0.3 is 15.3 Å². The molecule has 34 heteroatoms. The van der Waals surface area contributed by atoms with E-state index in [1.54, 1.807) is 0 Å². The van der Waals surface area contributed by atoms with Crippen molar-refractivity contribution in [2.24, 2.45) is 0 Å².